The number of nitrogens with zero attached hydrogens (tertiary/aromatic N) is 1. The minimum Gasteiger partial charge on any atom is -0.507 e. The van der Waals surface area contributed by atoms with Crippen molar-refractivity contribution in [1.82, 2.24) is 5.59 Å². The Hall–Kier alpha value is -1.62. The molecule has 0 heterocycles. The van der Waals surface area contributed by atoms with Gasteiger partial charge in [0.1, 0.15) is 11.6 Å². The molecule has 0 saturated carbocycles. The number of phenolic OH excluding ortho intramolecular Hbond substituents is 1. The zero-order valence-corrected chi connectivity index (χ0v) is 6.03. The van der Waals surface area contributed by atoms with Crippen LogP contribution in [0.1, 0.15) is 5.56 Å². The van der Waals surface area contributed by atoms with Crippen molar-refractivity contribution in [3.8, 4) is 5.75 Å². The first-order valence-corrected chi connectivity index (χ1v) is 3.14. The summed E-state index contributed by atoms with van der Waals surface area (Å²) >= 11 is 0. The molecule has 0 aliphatic heterocycles. The third kappa shape index (κ3) is 1.93. The largest absolute Gasteiger partial charge is 0.507 e. The van der Waals surface area contributed by atoms with E-state index >= 15 is 0 Å². The Bertz CT molecular complexity index is 301. The van der Waals surface area contributed by atoms with E-state index in [0.717, 1.165) is 18.3 Å². The molecule has 0 radical (unpaired) electrons. The number of benzene rings is 1. The normalized spacial score (nSPS) is 10.5. The molecular formula is C7H7FN2O2. The molecular weight excluding hydrogens is 163 g/mol. The van der Waals surface area contributed by atoms with Crippen molar-refractivity contribution in [3.63, 3.8) is 0 Å². The van der Waals surface area contributed by atoms with E-state index in [0.29, 0.717) is 0 Å². The fraction of sp³-hybridized carbons (Fsp3) is 0. The van der Waals surface area contributed by atoms with Crippen molar-refractivity contribution in [3.05, 3.63) is 29.6 Å². The summed E-state index contributed by atoms with van der Waals surface area (Å²) in [6.45, 7) is 0. The van der Waals surface area contributed by atoms with Crippen LogP contribution in [0.25, 0.3) is 0 Å². The molecule has 0 fully saturated rings. The van der Waals surface area contributed by atoms with Crippen LogP contribution in [0.3, 0.4) is 0 Å². The molecule has 0 amide bonds. The van der Waals surface area contributed by atoms with E-state index in [4.69, 9.17) is 10.3 Å². The molecule has 0 bridgehead atoms. The molecule has 0 aliphatic rings. The number of phenols is 1. The highest BCUT2D eigenvalue weighted by Gasteiger charge is 1.98. The van der Waals surface area contributed by atoms with E-state index in [1.54, 1.807) is 0 Å². The zero-order chi connectivity index (χ0) is 8.97. The number of rotatable bonds is 2. The average Bonchev–Trinajstić information content (AvgIpc) is 2.07. The Labute approximate surface area is 67.9 Å². The van der Waals surface area contributed by atoms with Gasteiger partial charge in [-0.2, -0.15) is 10.7 Å². The SMILES string of the molecule is ONN=Cc1cc(F)ccc1O. The van der Waals surface area contributed by atoms with Gasteiger partial charge in [-0.1, -0.05) is 0 Å². The summed E-state index contributed by atoms with van der Waals surface area (Å²) in [5.74, 6) is -0.581. The van der Waals surface area contributed by atoms with E-state index < -0.39 is 5.82 Å². The Balaban J connectivity index is 2.97. The van der Waals surface area contributed by atoms with Gasteiger partial charge in [0.25, 0.3) is 0 Å². The lowest BCUT2D eigenvalue weighted by Gasteiger charge is -1.96. The van der Waals surface area contributed by atoms with E-state index in [-0.39, 0.29) is 11.3 Å². The van der Waals surface area contributed by atoms with Crippen molar-refractivity contribution in [1.29, 1.82) is 0 Å². The van der Waals surface area contributed by atoms with E-state index in [2.05, 4.69) is 5.10 Å². The number of hydrazone groups is 1. The molecule has 0 aromatic heterocycles. The summed E-state index contributed by atoms with van der Waals surface area (Å²) in [4.78, 5) is 0. The van der Waals surface area contributed by atoms with E-state index in [1.807, 2.05) is 0 Å². The second-order valence-corrected chi connectivity index (χ2v) is 2.06. The minimum atomic E-state index is -0.479. The molecule has 0 unspecified atom stereocenters. The summed E-state index contributed by atoms with van der Waals surface area (Å²) in [7, 11) is 0. The van der Waals surface area contributed by atoms with Crippen molar-refractivity contribution in [2.24, 2.45) is 5.10 Å². The zero-order valence-electron chi connectivity index (χ0n) is 6.03. The number of nitrogens with one attached hydrogen (secondary N) is 1. The van der Waals surface area contributed by atoms with Crippen LogP contribution in [0, 0.1) is 5.82 Å². The molecule has 0 aliphatic carbocycles. The first kappa shape index (κ1) is 8.48. The number of hydrogen-bond donors (Lipinski definition) is 3. The number of aromatic hydroxyl groups is 1. The van der Waals surface area contributed by atoms with Crippen LogP contribution in [0.4, 0.5) is 4.39 Å². The molecule has 0 saturated heterocycles. The molecule has 1 rings (SSSR count). The van der Waals surface area contributed by atoms with Crippen LogP contribution in [0.2, 0.25) is 0 Å². The molecule has 0 atom stereocenters. The first-order chi connectivity index (χ1) is 5.74. The Kier molecular flexibility index (Phi) is 2.60. The van der Waals surface area contributed by atoms with Gasteiger partial charge in [-0.05, 0) is 18.2 Å². The van der Waals surface area contributed by atoms with Crippen LogP contribution in [-0.2, 0) is 0 Å². The molecule has 0 spiro atoms. The lowest BCUT2D eigenvalue weighted by atomic mass is 10.2. The smallest absolute Gasteiger partial charge is 0.124 e. The maximum atomic E-state index is 12.5. The third-order valence-corrected chi connectivity index (χ3v) is 1.25. The quantitative estimate of drug-likeness (QED) is 0.455. The van der Waals surface area contributed by atoms with Gasteiger partial charge < -0.3 is 5.11 Å². The van der Waals surface area contributed by atoms with Gasteiger partial charge in [0.15, 0.2) is 0 Å². The summed E-state index contributed by atoms with van der Waals surface area (Å²) in [5, 5.41) is 20.4. The first-order valence-electron chi connectivity index (χ1n) is 3.14. The van der Waals surface area contributed by atoms with Gasteiger partial charge in [-0.15, -0.1) is 0 Å². The van der Waals surface area contributed by atoms with Crippen molar-refractivity contribution in [2.45, 2.75) is 0 Å². The highest BCUT2D eigenvalue weighted by molar-refractivity contribution is 5.82. The van der Waals surface area contributed by atoms with Gasteiger partial charge in [-0.25, -0.2) is 4.39 Å². The number of hydrogen-bond acceptors (Lipinski definition) is 4. The highest BCUT2D eigenvalue weighted by atomic mass is 19.1. The second kappa shape index (κ2) is 3.68. The molecule has 12 heavy (non-hydrogen) atoms. The Morgan fingerprint density at radius 2 is 2.25 bits per heavy atom. The van der Waals surface area contributed by atoms with Gasteiger partial charge in [0.05, 0.1) is 6.21 Å². The highest BCUT2D eigenvalue weighted by Crippen LogP contribution is 2.15. The van der Waals surface area contributed by atoms with E-state index in [1.165, 1.54) is 11.7 Å². The van der Waals surface area contributed by atoms with Crippen LogP contribution in [0.5, 0.6) is 5.75 Å². The van der Waals surface area contributed by atoms with Crippen LogP contribution >= 0.6 is 0 Å². The van der Waals surface area contributed by atoms with Crippen LogP contribution in [0.15, 0.2) is 23.3 Å². The monoisotopic (exact) mass is 170 g/mol. The Morgan fingerprint density at radius 1 is 1.50 bits per heavy atom. The van der Waals surface area contributed by atoms with E-state index in [9.17, 15) is 4.39 Å². The summed E-state index contributed by atoms with van der Waals surface area (Å²) in [5.41, 5.74) is 1.69. The topological polar surface area (TPSA) is 64.8 Å². The van der Waals surface area contributed by atoms with Gasteiger partial charge >= 0.3 is 0 Å². The molecule has 5 heteroatoms. The molecule has 1 aromatic carbocycles. The third-order valence-electron chi connectivity index (χ3n) is 1.25. The Morgan fingerprint density at radius 3 is 2.92 bits per heavy atom. The summed E-state index contributed by atoms with van der Waals surface area (Å²) in [6.07, 6.45) is 1.10. The minimum absolute atomic E-state index is 0.101. The van der Waals surface area contributed by atoms with Crippen LogP contribution in [-0.4, -0.2) is 16.5 Å². The molecule has 64 valence electrons. The predicted molar refractivity (Wildman–Crippen MR) is 40.6 cm³/mol. The maximum Gasteiger partial charge on any atom is 0.124 e. The molecule has 3 N–H and O–H groups in total. The predicted octanol–water partition coefficient (Wildman–Crippen LogP) is 0.844. The van der Waals surface area contributed by atoms with Crippen molar-refractivity contribution < 1.29 is 14.7 Å². The lowest BCUT2D eigenvalue weighted by molar-refractivity contribution is 0.173. The lowest BCUT2D eigenvalue weighted by Crippen LogP contribution is -1.96. The summed E-state index contributed by atoms with van der Waals surface area (Å²) < 4.78 is 12.5. The van der Waals surface area contributed by atoms with Gasteiger partial charge in [0.2, 0.25) is 0 Å². The standard InChI is InChI=1S/C7H7FN2O2/c8-6-1-2-7(11)5(3-6)4-9-10-12/h1-4,10-12H. The van der Waals surface area contributed by atoms with Crippen molar-refractivity contribution >= 4 is 6.21 Å². The maximum absolute atomic E-state index is 12.5. The fourth-order valence-electron chi connectivity index (χ4n) is 0.727. The molecule has 1 aromatic rings. The molecule has 4 nitrogen and oxygen atoms in total. The fourth-order valence-corrected chi connectivity index (χ4v) is 0.727. The van der Waals surface area contributed by atoms with Crippen molar-refractivity contribution in [2.75, 3.05) is 0 Å². The summed E-state index contributed by atoms with van der Waals surface area (Å²) in [6, 6.07) is 3.42. The average molecular weight is 170 g/mol. The number of halogens is 1. The van der Waals surface area contributed by atoms with Gasteiger partial charge in [0, 0.05) is 5.56 Å². The van der Waals surface area contributed by atoms with Gasteiger partial charge in [-0.3, -0.25) is 5.21 Å². The van der Waals surface area contributed by atoms with Crippen LogP contribution < -0.4 is 5.59 Å². The second-order valence-electron chi connectivity index (χ2n) is 2.06.